The first-order valence-electron chi connectivity index (χ1n) is 3.71. The minimum Gasteiger partial charge on any atom is -0.480 e. The van der Waals surface area contributed by atoms with E-state index in [0.717, 1.165) is 0 Å². The van der Waals surface area contributed by atoms with E-state index >= 15 is 0 Å². The van der Waals surface area contributed by atoms with Gasteiger partial charge in [0.05, 0.1) is 6.61 Å². The summed E-state index contributed by atoms with van der Waals surface area (Å²) in [5.74, 6) is -0.521. The molecule has 0 radical (unpaired) electrons. The van der Waals surface area contributed by atoms with Crippen molar-refractivity contribution in [1.29, 1.82) is 0 Å². The Morgan fingerprint density at radius 2 is 2.36 bits per heavy atom. The Labute approximate surface area is 65.5 Å². The Bertz CT molecular complexity index is 158. The van der Waals surface area contributed by atoms with Gasteiger partial charge in [-0.2, -0.15) is 0 Å². The predicted octanol–water partition coefficient (Wildman–Crippen LogP) is 0.0415. The number of hydrogen-bond acceptors (Lipinski definition) is 3. The van der Waals surface area contributed by atoms with Crippen molar-refractivity contribution in [2.45, 2.75) is 26.1 Å². The molecular formula is C7H13NO3. The zero-order chi connectivity index (χ0) is 8.43. The van der Waals surface area contributed by atoms with Gasteiger partial charge in [0.25, 0.3) is 0 Å². The van der Waals surface area contributed by atoms with E-state index < -0.39 is 12.0 Å². The first-order valence-corrected chi connectivity index (χ1v) is 3.71. The summed E-state index contributed by atoms with van der Waals surface area (Å²) >= 11 is 0. The molecule has 64 valence electrons. The lowest BCUT2D eigenvalue weighted by Gasteiger charge is -2.13. The summed E-state index contributed by atoms with van der Waals surface area (Å²) in [6.07, 6.45) is -0.101. The molecule has 1 saturated heterocycles. The molecule has 0 aromatic rings. The van der Waals surface area contributed by atoms with Gasteiger partial charge in [0, 0.05) is 0 Å². The lowest BCUT2D eigenvalue weighted by molar-refractivity contribution is -0.139. The molecule has 4 nitrogen and oxygen atoms in total. The fourth-order valence-electron chi connectivity index (χ4n) is 1.02. The molecule has 1 rings (SSSR count). The standard InChI is InChI=1S/C7H13NO3/c1-4(2)6-8-5(3-11-6)7(9)10/h4-6,8H,3H2,1-2H3,(H,9,10). The van der Waals surface area contributed by atoms with Gasteiger partial charge in [-0.05, 0) is 5.92 Å². The van der Waals surface area contributed by atoms with Crippen molar-refractivity contribution in [2.24, 2.45) is 5.92 Å². The Morgan fingerprint density at radius 1 is 1.73 bits per heavy atom. The van der Waals surface area contributed by atoms with Crippen LogP contribution >= 0.6 is 0 Å². The highest BCUT2D eigenvalue weighted by Crippen LogP contribution is 2.11. The van der Waals surface area contributed by atoms with Crippen LogP contribution in [0.2, 0.25) is 0 Å². The highest BCUT2D eigenvalue weighted by molar-refractivity contribution is 5.73. The number of carboxylic acids is 1. The molecule has 1 heterocycles. The van der Waals surface area contributed by atoms with Gasteiger partial charge in [-0.3, -0.25) is 10.1 Å². The highest BCUT2D eigenvalue weighted by atomic mass is 16.5. The van der Waals surface area contributed by atoms with E-state index in [9.17, 15) is 4.79 Å². The quantitative estimate of drug-likeness (QED) is 0.597. The molecule has 0 aromatic carbocycles. The summed E-state index contributed by atoms with van der Waals surface area (Å²) in [4.78, 5) is 10.4. The number of carbonyl (C=O) groups is 1. The van der Waals surface area contributed by atoms with Gasteiger partial charge >= 0.3 is 5.97 Å². The van der Waals surface area contributed by atoms with Crippen LogP contribution < -0.4 is 5.32 Å². The summed E-state index contributed by atoms with van der Waals surface area (Å²) in [5, 5.41) is 11.4. The Morgan fingerprint density at radius 3 is 2.64 bits per heavy atom. The summed E-state index contributed by atoms with van der Waals surface area (Å²) in [6, 6.07) is -0.526. The fraction of sp³-hybridized carbons (Fsp3) is 0.857. The van der Waals surface area contributed by atoms with Crippen molar-refractivity contribution in [1.82, 2.24) is 5.32 Å². The second-order valence-corrected chi connectivity index (χ2v) is 3.06. The maximum absolute atomic E-state index is 10.4. The third kappa shape index (κ3) is 1.91. The number of ether oxygens (including phenoxy) is 1. The van der Waals surface area contributed by atoms with Crippen molar-refractivity contribution < 1.29 is 14.6 Å². The van der Waals surface area contributed by atoms with Crippen LogP contribution in [-0.4, -0.2) is 30.0 Å². The number of aliphatic carboxylic acids is 1. The van der Waals surface area contributed by atoms with E-state index in [0.29, 0.717) is 5.92 Å². The molecule has 4 heteroatoms. The largest absolute Gasteiger partial charge is 0.480 e. The van der Waals surface area contributed by atoms with E-state index in [1.807, 2.05) is 13.8 Å². The summed E-state index contributed by atoms with van der Waals surface area (Å²) < 4.78 is 5.20. The fourth-order valence-corrected chi connectivity index (χ4v) is 1.02. The van der Waals surface area contributed by atoms with Crippen molar-refractivity contribution in [3.8, 4) is 0 Å². The molecule has 2 unspecified atom stereocenters. The number of hydrogen-bond donors (Lipinski definition) is 2. The van der Waals surface area contributed by atoms with Gasteiger partial charge in [-0.15, -0.1) is 0 Å². The molecule has 1 aliphatic heterocycles. The summed E-state index contributed by atoms with van der Waals surface area (Å²) in [5.41, 5.74) is 0. The van der Waals surface area contributed by atoms with Crippen molar-refractivity contribution in [3.63, 3.8) is 0 Å². The van der Waals surface area contributed by atoms with Gasteiger partial charge in [0.2, 0.25) is 0 Å². The highest BCUT2D eigenvalue weighted by Gasteiger charge is 2.30. The zero-order valence-electron chi connectivity index (χ0n) is 6.70. The third-order valence-corrected chi connectivity index (χ3v) is 1.71. The van der Waals surface area contributed by atoms with Gasteiger partial charge < -0.3 is 9.84 Å². The Kier molecular flexibility index (Phi) is 2.46. The lowest BCUT2D eigenvalue weighted by Crippen LogP contribution is -2.38. The van der Waals surface area contributed by atoms with Crippen LogP contribution in [0.1, 0.15) is 13.8 Å². The average molecular weight is 159 g/mol. The topological polar surface area (TPSA) is 58.6 Å². The van der Waals surface area contributed by atoms with E-state index in [1.54, 1.807) is 0 Å². The zero-order valence-corrected chi connectivity index (χ0v) is 6.70. The Hall–Kier alpha value is -0.610. The SMILES string of the molecule is CC(C)C1NC(C(=O)O)CO1. The minimum absolute atomic E-state index is 0.101. The predicted molar refractivity (Wildman–Crippen MR) is 39.1 cm³/mol. The minimum atomic E-state index is -0.840. The molecule has 0 bridgehead atoms. The second kappa shape index (κ2) is 3.19. The van der Waals surface area contributed by atoms with Crippen LogP contribution in [0, 0.1) is 5.92 Å². The molecule has 1 aliphatic rings. The summed E-state index contributed by atoms with van der Waals surface area (Å²) in [6.45, 7) is 4.25. The van der Waals surface area contributed by atoms with Crippen LogP contribution in [0.25, 0.3) is 0 Å². The van der Waals surface area contributed by atoms with Crippen LogP contribution in [0.4, 0.5) is 0 Å². The van der Waals surface area contributed by atoms with Crippen molar-refractivity contribution >= 4 is 5.97 Å². The average Bonchev–Trinajstić information content (AvgIpc) is 2.33. The van der Waals surface area contributed by atoms with Crippen molar-refractivity contribution in [2.75, 3.05) is 6.61 Å². The van der Waals surface area contributed by atoms with Crippen LogP contribution in [0.5, 0.6) is 0 Å². The van der Waals surface area contributed by atoms with E-state index in [-0.39, 0.29) is 12.8 Å². The van der Waals surface area contributed by atoms with Crippen LogP contribution in [0.15, 0.2) is 0 Å². The van der Waals surface area contributed by atoms with Crippen LogP contribution in [0.3, 0.4) is 0 Å². The number of nitrogens with one attached hydrogen (secondary N) is 1. The number of rotatable bonds is 2. The third-order valence-electron chi connectivity index (χ3n) is 1.71. The molecule has 0 aromatic heterocycles. The number of carboxylic acid groups (broad SMARTS) is 1. The lowest BCUT2D eigenvalue weighted by atomic mass is 10.2. The molecular weight excluding hydrogens is 146 g/mol. The molecule has 0 aliphatic carbocycles. The maximum Gasteiger partial charge on any atom is 0.323 e. The summed E-state index contributed by atoms with van der Waals surface area (Å²) in [7, 11) is 0. The first kappa shape index (κ1) is 8.49. The van der Waals surface area contributed by atoms with Gasteiger partial charge in [0.15, 0.2) is 0 Å². The Balaban J connectivity index is 2.41. The van der Waals surface area contributed by atoms with E-state index in [4.69, 9.17) is 9.84 Å². The van der Waals surface area contributed by atoms with Gasteiger partial charge in [-0.25, -0.2) is 0 Å². The normalized spacial score (nSPS) is 31.2. The van der Waals surface area contributed by atoms with Crippen molar-refractivity contribution in [3.05, 3.63) is 0 Å². The smallest absolute Gasteiger partial charge is 0.323 e. The molecule has 0 saturated carbocycles. The molecule has 11 heavy (non-hydrogen) atoms. The second-order valence-electron chi connectivity index (χ2n) is 3.06. The molecule has 2 N–H and O–H groups in total. The monoisotopic (exact) mass is 159 g/mol. The van der Waals surface area contributed by atoms with E-state index in [1.165, 1.54) is 0 Å². The first-order chi connectivity index (χ1) is 5.11. The molecule has 1 fully saturated rings. The molecule has 2 atom stereocenters. The van der Waals surface area contributed by atoms with E-state index in [2.05, 4.69) is 5.32 Å². The van der Waals surface area contributed by atoms with Gasteiger partial charge in [-0.1, -0.05) is 13.8 Å². The molecule has 0 spiro atoms. The van der Waals surface area contributed by atoms with Crippen LogP contribution in [-0.2, 0) is 9.53 Å². The molecule has 0 amide bonds. The van der Waals surface area contributed by atoms with Gasteiger partial charge in [0.1, 0.15) is 12.3 Å². The maximum atomic E-state index is 10.4.